The molecule has 3 aromatic rings. The van der Waals surface area contributed by atoms with E-state index in [-0.39, 0.29) is 0 Å². The Morgan fingerprint density at radius 1 is 1.04 bits per heavy atom. The van der Waals surface area contributed by atoms with Crippen molar-refractivity contribution in [1.82, 2.24) is 19.9 Å². The van der Waals surface area contributed by atoms with Crippen LogP contribution in [0.3, 0.4) is 0 Å². The number of nitrogens with zero attached hydrogens (tertiary/aromatic N) is 4. The first-order valence-corrected chi connectivity index (χ1v) is 8.00. The molecule has 3 rings (SSSR count). The van der Waals surface area contributed by atoms with Crippen molar-refractivity contribution in [2.75, 3.05) is 5.73 Å². The summed E-state index contributed by atoms with van der Waals surface area (Å²) >= 11 is 0. The Morgan fingerprint density at radius 3 is 2.58 bits per heavy atom. The number of aryl methyl sites for hydroxylation is 5. The molecule has 0 atom stereocenters. The Balaban J connectivity index is 1.70. The highest BCUT2D eigenvalue weighted by Gasteiger charge is 2.13. The maximum atomic E-state index is 6.07. The van der Waals surface area contributed by atoms with Gasteiger partial charge in [-0.25, -0.2) is 9.97 Å². The van der Waals surface area contributed by atoms with Gasteiger partial charge < -0.3 is 10.2 Å². The van der Waals surface area contributed by atoms with Crippen molar-refractivity contribution in [2.24, 2.45) is 0 Å². The Hall–Kier alpha value is -2.76. The third-order valence-electron chi connectivity index (χ3n) is 3.81. The van der Waals surface area contributed by atoms with Gasteiger partial charge >= 0.3 is 0 Å². The summed E-state index contributed by atoms with van der Waals surface area (Å²) in [7, 11) is 0. The molecule has 0 aliphatic rings. The zero-order chi connectivity index (χ0) is 17.1. The summed E-state index contributed by atoms with van der Waals surface area (Å²) < 4.78 is 5.28. The molecule has 3 heterocycles. The van der Waals surface area contributed by atoms with E-state index in [0.29, 0.717) is 17.4 Å². The fraction of sp³-hybridized carbons (Fsp3) is 0.333. The van der Waals surface area contributed by atoms with Crippen LogP contribution in [-0.2, 0) is 12.8 Å². The number of rotatable bonds is 5. The van der Waals surface area contributed by atoms with E-state index in [9.17, 15) is 0 Å². The van der Waals surface area contributed by atoms with E-state index in [2.05, 4.69) is 39.0 Å². The van der Waals surface area contributed by atoms with Gasteiger partial charge in [0.25, 0.3) is 0 Å². The molecule has 0 saturated carbocycles. The Morgan fingerprint density at radius 2 is 1.88 bits per heavy atom. The normalized spacial score (nSPS) is 11.0. The standard InChI is InChI=1S/C18H21N5O/c1-11-9-12(2)21-14(10-11)5-4-6-15-17(19)23-16(13(3)22-15)18-20-7-8-24-18/h7-10H,4-6H2,1-3H3,(H2,19,23). The quantitative estimate of drug-likeness (QED) is 0.775. The topological polar surface area (TPSA) is 90.7 Å². The van der Waals surface area contributed by atoms with Crippen LogP contribution in [0.1, 0.15) is 34.8 Å². The monoisotopic (exact) mass is 323 g/mol. The molecule has 6 nitrogen and oxygen atoms in total. The number of anilines is 1. The molecule has 0 fully saturated rings. The highest BCUT2D eigenvalue weighted by Crippen LogP contribution is 2.21. The summed E-state index contributed by atoms with van der Waals surface area (Å²) in [4.78, 5) is 17.7. The van der Waals surface area contributed by atoms with Crippen LogP contribution < -0.4 is 5.73 Å². The lowest BCUT2D eigenvalue weighted by Crippen LogP contribution is -2.06. The minimum atomic E-state index is 0.433. The second-order valence-corrected chi connectivity index (χ2v) is 5.96. The first kappa shape index (κ1) is 16.1. The van der Waals surface area contributed by atoms with Gasteiger partial charge in [0, 0.05) is 11.4 Å². The van der Waals surface area contributed by atoms with E-state index in [0.717, 1.165) is 42.0 Å². The fourth-order valence-corrected chi connectivity index (χ4v) is 2.80. The van der Waals surface area contributed by atoms with Crippen LogP contribution in [-0.4, -0.2) is 19.9 Å². The van der Waals surface area contributed by atoms with Crippen molar-refractivity contribution in [3.63, 3.8) is 0 Å². The van der Waals surface area contributed by atoms with Crippen molar-refractivity contribution < 1.29 is 4.42 Å². The summed E-state index contributed by atoms with van der Waals surface area (Å²) in [6, 6.07) is 4.21. The van der Waals surface area contributed by atoms with Crippen LogP contribution in [0.15, 0.2) is 29.0 Å². The summed E-state index contributed by atoms with van der Waals surface area (Å²) in [5, 5.41) is 0. The molecule has 124 valence electrons. The molecule has 0 spiro atoms. The third-order valence-corrected chi connectivity index (χ3v) is 3.81. The average molecular weight is 323 g/mol. The SMILES string of the molecule is Cc1cc(C)nc(CCCc2nc(C)c(-c3ncco3)nc2N)c1. The van der Waals surface area contributed by atoms with E-state index in [1.54, 1.807) is 6.20 Å². The van der Waals surface area contributed by atoms with E-state index >= 15 is 0 Å². The summed E-state index contributed by atoms with van der Waals surface area (Å²) in [5.74, 6) is 0.875. The fourth-order valence-electron chi connectivity index (χ4n) is 2.80. The van der Waals surface area contributed by atoms with Gasteiger partial charge in [0.15, 0.2) is 0 Å². The number of hydrogen-bond donors (Lipinski definition) is 1. The summed E-state index contributed by atoms with van der Waals surface area (Å²) in [5.41, 5.74) is 11.6. The van der Waals surface area contributed by atoms with Gasteiger partial charge in [0.2, 0.25) is 5.89 Å². The van der Waals surface area contributed by atoms with Crippen molar-refractivity contribution in [3.05, 3.63) is 52.9 Å². The molecule has 0 aliphatic heterocycles. The lowest BCUT2D eigenvalue weighted by atomic mass is 10.1. The molecule has 0 amide bonds. The number of pyridine rings is 1. The second kappa shape index (κ2) is 6.78. The van der Waals surface area contributed by atoms with Crippen LogP contribution in [0.5, 0.6) is 0 Å². The van der Waals surface area contributed by atoms with Crippen LogP contribution in [0.25, 0.3) is 11.6 Å². The van der Waals surface area contributed by atoms with Gasteiger partial charge in [0.05, 0.1) is 17.6 Å². The number of hydrogen-bond acceptors (Lipinski definition) is 6. The molecule has 2 N–H and O–H groups in total. The summed E-state index contributed by atoms with van der Waals surface area (Å²) in [6.07, 6.45) is 5.67. The molecule has 6 heteroatoms. The molecule has 0 saturated heterocycles. The lowest BCUT2D eigenvalue weighted by Gasteiger charge is -2.08. The third kappa shape index (κ3) is 3.59. The Kier molecular flexibility index (Phi) is 4.55. The number of nitrogen functional groups attached to an aromatic ring is 1. The zero-order valence-electron chi connectivity index (χ0n) is 14.2. The van der Waals surface area contributed by atoms with Gasteiger partial charge in [-0.15, -0.1) is 0 Å². The highest BCUT2D eigenvalue weighted by molar-refractivity contribution is 5.54. The molecule has 24 heavy (non-hydrogen) atoms. The van der Waals surface area contributed by atoms with E-state index in [4.69, 9.17) is 10.2 Å². The molecular weight excluding hydrogens is 302 g/mol. The maximum Gasteiger partial charge on any atom is 0.246 e. The smallest absolute Gasteiger partial charge is 0.246 e. The summed E-state index contributed by atoms with van der Waals surface area (Å²) in [6.45, 7) is 6.00. The van der Waals surface area contributed by atoms with E-state index < -0.39 is 0 Å². The Labute approximate surface area is 141 Å². The van der Waals surface area contributed by atoms with Gasteiger partial charge in [0.1, 0.15) is 17.8 Å². The van der Waals surface area contributed by atoms with E-state index in [1.165, 1.54) is 11.8 Å². The van der Waals surface area contributed by atoms with Crippen molar-refractivity contribution in [1.29, 1.82) is 0 Å². The zero-order valence-corrected chi connectivity index (χ0v) is 14.2. The number of aromatic nitrogens is 4. The number of oxazole rings is 1. The molecule has 0 aliphatic carbocycles. The van der Waals surface area contributed by atoms with Crippen LogP contribution in [0.4, 0.5) is 5.82 Å². The Bertz CT molecular complexity index is 823. The predicted molar refractivity (Wildman–Crippen MR) is 92.4 cm³/mol. The van der Waals surface area contributed by atoms with Crippen LogP contribution in [0, 0.1) is 20.8 Å². The van der Waals surface area contributed by atoms with Gasteiger partial charge in [-0.2, -0.15) is 0 Å². The predicted octanol–water partition coefficient (Wildman–Crippen LogP) is 3.21. The molecule has 0 bridgehead atoms. The van der Waals surface area contributed by atoms with Gasteiger partial charge in [-0.05, 0) is 57.7 Å². The first-order valence-electron chi connectivity index (χ1n) is 8.00. The largest absolute Gasteiger partial charge is 0.443 e. The van der Waals surface area contributed by atoms with Crippen LogP contribution >= 0.6 is 0 Å². The molecule has 0 unspecified atom stereocenters. The average Bonchev–Trinajstić information content (AvgIpc) is 3.03. The van der Waals surface area contributed by atoms with Crippen molar-refractivity contribution >= 4 is 5.82 Å². The lowest BCUT2D eigenvalue weighted by molar-refractivity contribution is 0.571. The first-order chi connectivity index (χ1) is 11.5. The molecule has 0 radical (unpaired) electrons. The minimum absolute atomic E-state index is 0.433. The van der Waals surface area contributed by atoms with Crippen molar-refractivity contribution in [3.8, 4) is 11.6 Å². The maximum absolute atomic E-state index is 6.07. The molecule has 0 aromatic carbocycles. The molecule has 3 aromatic heterocycles. The highest BCUT2D eigenvalue weighted by atomic mass is 16.3. The minimum Gasteiger partial charge on any atom is -0.443 e. The van der Waals surface area contributed by atoms with Crippen LogP contribution in [0.2, 0.25) is 0 Å². The van der Waals surface area contributed by atoms with Gasteiger partial charge in [-0.3, -0.25) is 9.97 Å². The second-order valence-electron chi connectivity index (χ2n) is 5.96. The van der Waals surface area contributed by atoms with E-state index in [1.807, 2.05) is 13.8 Å². The molecular formula is C18H21N5O. The van der Waals surface area contributed by atoms with Crippen molar-refractivity contribution in [2.45, 2.75) is 40.0 Å². The van der Waals surface area contributed by atoms with Gasteiger partial charge in [-0.1, -0.05) is 0 Å². The number of nitrogens with two attached hydrogens (primary N) is 1.